The van der Waals surface area contributed by atoms with Crippen LogP contribution >= 0.6 is 0 Å². The Kier molecular flexibility index (Phi) is 4.98. The molecule has 8 nitrogen and oxygen atoms in total. The third kappa shape index (κ3) is 3.97. The summed E-state index contributed by atoms with van der Waals surface area (Å²) < 4.78 is 1.54. The molecule has 3 rings (SSSR count). The molecule has 0 radical (unpaired) electrons. The highest BCUT2D eigenvalue weighted by Gasteiger charge is 2.13. The Hall–Kier alpha value is -3.29. The van der Waals surface area contributed by atoms with Gasteiger partial charge >= 0.3 is 6.03 Å². The van der Waals surface area contributed by atoms with E-state index in [-0.39, 0.29) is 12.1 Å². The first-order valence-electron chi connectivity index (χ1n) is 7.99. The van der Waals surface area contributed by atoms with Gasteiger partial charge in [-0.05, 0) is 59.2 Å². The minimum Gasteiger partial charge on any atom is -0.331 e. The zero-order valence-electron chi connectivity index (χ0n) is 14.0. The van der Waals surface area contributed by atoms with E-state index in [1.165, 1.54) is 11.0 Å². The highest BCUT2D eigenvalue weighted by molar-refractivity contribution is 5.90. The number of aromatic nitrogens is 5. The normalized spacial score (nSPS) is 11.8. The highest BCUT2D eigenvalue weighted by atomic mass is 16.2. The quantitative estimate of drug-likeness (QED) is 0.746. The van der Waals surface area contributed by atoms with Gasteiger partial charge in [-0.3, -0.25) is 4.98 Å². The molecule has 1 atom stereocenters. The number of benzene rings is 1. The summed E-state index contributed by atoms with van der Waals surface area (Å²) >= 11 is 0. The first-order chi connectivity index (χ1) is 12.2. The number of carbonyl (C=O) groups excluding carboxylic acids is 1. The van der Waals surface area contributed by atoms with Gasteiger partial charge in [-0.1, -0.05) is 13.0 Å². The van der Waals surface area contributed by atoms with Gasteiger partial charge in [-0.15, -0.1) is 5.10 Å². The standard InChI is InChI=1S/C17H19N7O/c1-3-15(13-6-8-18-9-7-13)20-17(25)21-16-10-14(5-4-12(16)2)24-11-19-22-23-24/h4-11,15H,3H2,1-2H3,(H2,20,21,25). The topological polar surface area (TPSA) is 97.6 Å². The van der Waals surface area contributed by atoms with Crippen molar-refractivity contribution in [2.75, 3.05) is 5.32 Å². The van der Waals surface area contributed by atoms with Crippen molar-refractivity contribution in [1.82, 2.24) is 30.5 Å². The zero-order chi connectivity index (χ0) is 17.6. The van der Waals surface area contributed by atoms with Gasteiger partial charge in [0, 0.05) is 18.1 Å². The van der Waals surface area contributed by atoms with Crippen molar-refractivity contribution in [3.05, 3.63) is 60.2 Å². The van der Waals surface area contributed by atoms with Crippen LogP contribution in [0.2, 0.25) is 0 Å². The van der Waals surface area contributed by atoms with E-state index in [9.17, 15) is 4.79 Å². The Morgan fingerprint density at radius 1 is 1.24 bits per heavy atom. The van der Waals surface area contributed by atoms with Crippen LogP contribution in [0, 0.1) is 6.92 Å². The fourth-order valence-electron chi connectivity index (χ4n) is 2.50. The van der Waals surface area contributed by atoms with Gasteiger partial charge in [0.15, 0.2) is 0 Å². The molecule has 0 fully saturated rings. The number of nitrogens with zero attached hydrogens (tertiary/aromatic N) is 5. The Labute approximate surface area is 145 Å². The Morgan fingerprint density at radius 3 is 2.72 bits per heavy atom. The van der Waals surface area contributed by atoms with Crippen LogP contribution in [0.5, 0.6) is 0 Å². The lowest BCUT2D eigenvalue weighted by atomic mass is 10.1. The van der Waals surface area contributed by atoms with Crippen LogP contribution in [0.15, 0.2) is 49.1 Å². The summed E-state index contributed by atoms with van der Waals surface area (Å²) in [6, 6.07) is 9.09. The molecule has 2 aromatic heterocycles. The number of aryl methyl sites for hydroxylation is 1. The number of carbonyl (C=O) groups is 1. The molecule has 0 aliphatic heterocycles. The zero-order valence-corrected chi connectivity index (χ0v) is 14.0. The number of amides is 2. The lowest BCUT2D eigenvalue weighted by Gasteiger charge is -2.18. The van der Waals surface area contributed by atoms with Crippen molar-refractivity contribution < 1.29 is 4.79 Å². The molecule has 0 saturated heterocycles. The first-order valence-corrected chi connectivity index (χ1v) is 7.99. The van der Waals surface area contributed by atoms with Crippen molar-refractivity contribution in [1.29, 1.82) is 0 Å². The van der Waals surface area contributed by atoms with Crippen LogP contribution in [0.3, 0.4) is 0 Å². The molecule has 1 aromatic carbocycles. The Balaban J connectivity index is 1.73. The van der Waals surface area contributed by atoms with Gasteiger partial charge in [0.25, 0.3) is 0 Å². The molecule has 3 aromatic rings. The van der Waals surface area contributed by atoms with Crippen molar-refractivity contribution >= 4 is 11.7 Å². The van der Waals surface area contributed by atoms with Gasteiger partial charge < -0.3 is 10.6 Å². The molecule has 2 N–H and O–H groups in total. The van der Waals surface area contributed by atoms with Gasteiger partial charge in [0.2, 0.25) is 0 Å². The van der Waals surface area contributed by atoms with Gasteiger partial charge in [0.05, 0.1) is 11.7 Å². The van der Waals surface area contributed by atoms with E-state index >= 15 is 0 Å². The summed E-state index contributed by atoms with van der Waals surface area (Å²) in [5.41, 5.74) is 3.44. The lowest BCUT2D eigenvalue weighted by Crippen LogP contribution is -2.32. The van der Waals surface area contributed by atoms with Crippen LogP contribution in [-0.4, -0.2) is 31.2 Å². The van der Waals surface area contributed by atoms with Gasteiger partial charge in [-0.25, -0.2) is 9.48 Å². The smallest absolute Gasteiger partial charge is 0.319 e. The number of urea groups is 1. The molecular formula is C17H19N7O. The van der Waals surface area contributed by atoms with Gasteiger partial charge in [-0.2, -0.15) is 0 Å². The number of anilines is 1. The minimum absolute atomic E-state index is 0.0778. The molecule has 8 heteroatoms. The molecule has 0 bridgehead atoms. The summed E-state index contributed by atoms with van der Waals surface area (Å²) in [7, 11) is 0. The number of hydrogen-bond acceptors (Lipinski definition) is 5. The number of tetrazole rings is 1. The van der Waals surface area contributed by atoms with Crippen LogP contribution in [0.25, 0.3) is 5.69 Å². The molecule has 2 amide bonds. The van der Waals surface area contributed by atoms with E-state index in [2.05, 4.69) is 31.1 Å². The van der Waals surface area contributed by atoms with Crippen molar-refractivity contribution in [3.8, 4) is 5.69 Å². The predicted octanol–water partition coefficient (Wildman–Crippen LogP) is 2.64. The van der Waals surface area contributed by atoms with E-state index in [4.69, 9.17) is 0 Å². The van der Waals surface area contributed by atoms with E-state index < -0.39 is 0 Å². The summed E-state index contributed by atoms with van der Waals surface area (Å²) in [6.45, 7) is 3.95. The van der Waals surface area contributed by atoms with E-state index in [0.29, 0.717) is 5.69 Å². The molecule has 0 spiro atoms. The molecule has 1 unspecified atom stereocenters. The summed E-state index contributed by atoms with van der Waals surface area (Å²) in [5.74, 6) is 0. The molecular weight excluding hydrogens is 318 g/mol. The minimum atomic E-state index is -0.263. The first kappa shape index (κ1) is 16.6. The summed E-state index contributed by atoms with van der Waals surface area (Å²) in [4.78, 5) is 16.4. The van der Waals surface area contributed by atoms with Crippen LogP contribution in [0.4, 0.5) is 10.5 Å². The number of nitrogens with one attached hydrogen (secondary N) is 2. The summed E-state index contributed by atoms with van der Waals surface area (Å²) in [5, 5.41) is 17.0. The number of hydrogen-bond donors (Lipinski definition) is 2. The lowest BCUT2D eigenvalue weighted by molar-refractivity contribution is 0.248. The maximum Gasteiger partial charge on any atom is 0.319 e. The van der Waals surface area contributed by atoms with Crippen molar-refractivity contribution in [2.24, 2.45) is 0 Å². The van der Waals surface area contributed by atoms with Crippen molar-refractivity contribution in [3.63, 3.8) is 0 Å². The van der Waals surface area contributed by atoms with Crippen LogP contribution in [0.1, 0.15) is 30.5 Å². The maximum atomic E-state index is 12.4. The SMILES string of the molecule is CCC(NC(=O)Nc1cc(-n2cnnn2)ccc1C)c1ccncc1. The molecule has 0 aliphatic rings. The molecule has 0 aliphatic carbocycles. The predicted molar refractivity (Wildman–Crippen MR) is 93.3 cm³/mol. The van der Waals surface area contributed by atoms with Crippen molar-refractivity contribution in [2.45, 2.75) is 26.3 Å². The van der Waals surface area contributed by atoms with E-state index in [1.807, 2.05) is 44.2 Å². The number of pyridine rings is 1. The third-order valence-corrected chi connectivity index (χ3v) is 3.90. The fraction of sp³-hybridized carbons (Fsp3) is 0.235. The molecule has 0 saturated carbocycles. The number of rotatable bonds is 5. The fourth-order valence-corrected chi connectivity index (χ4v) is 2.50. The molecule has 2 heterocycles. The van der Waals surface area contributed by atoms with Gasteiger partial charge in [0.1, 0.15) is 6.33 Å². The monoisotopic (exact) mass is 337 g/mol. The van der Waals surface area contributed by atoms with Crippen LogP contribution < -0.4 is 10.6 Å². The molecule has 25 heavy (non-hydrogen) atoms. The van der Waals surface area contributed by atoms with Crippen LogP contribution in [-0.2, 0) is 0 Å². The largest absolute Gasteiger partial charge is 0.331 e. The van der Waals surface area contributed by atoms with E-state index in [1.54, 1.807) is 12.4 Å². The second-order valence-electron chi connectivity index (χ2n) is 5.59. The van der Waals surface area contributed by atoms with E-state index in [0.717, 1.165) is 23.2 Å². The molecule has 128 valence electrons. The average Bonchev–Trinajstić information content (AvgIpc) is 3.17. The Bertz CT molecular complexity index is 833. The third-order valence-electron chi connectivity index (χ3n) is 3.90. The second-order valence-corrected chi connectivity index (χ2v) is 5.59. The second kappa shape index (κ2) is 7.52. The highest BCUT2D eigenvalue weighted by Crippen LogP contribution is 2.20. The average molecular weight is 337 g/mol. The summed E-state index contributed by atoms with van der Waals surface area (Å²) in [6.07, 6.45) is 5.72. The Morgan fingerprint density at radius 2 is 2.04 bits per heavy atom. The maximum absolute atomic E-state index is 12.4.